The lowest BCUT2D eigenvalue weighted by Gasteiger charge is -2.16. The molecule has 0 aliphatic rings. The molecule has 106 valence electrons. The minimum Gasteiger partial charge on any atom is -0.497 e. The van der Waals surface area contributed by atoms with E-state index in [0.717, 1.165) is 15.7 Å². The van der Waals surface area contributed by atoms with Crippen LogP contribution in [0.3, 0.4) is 0 Å². The van der Waals surface area contributed by atoms with E-state index < -0.39 is 23.3 Å². The highest BCUT2D eigenvalue weighted by Gasteiger charge is 2.23. The van der Waals surface area contributed by atoms with Crippen molar-refractivity contribution in [2.75, 3.05) is 7.11 Å². The minimum absolute atomic E-state index is 0.0673. The average Bonchev–Trinajstić information content (AvgIpc) is 2.40. The number of rotatable bonds is 3. The van der Waals surface area contributed by atoms with Crippen molar-refractivity contribution in [1.29, 1.82) is 0 Å². The van der Waals surface area contributed by atoms with Gasteiger partial charge in [0.25, 0.3) is 0 Å². The smallest absolute Gasteiger partial charge is 0.135 e. The molecule has 1 unspecified atom stereocenters. The second kappa shape index (κ2) is 6.36. The van der Waals surface area contributed by atoms with Crippen LogP contribution in [0.4, 0.5) is 8.78 Å². The first-order chi connectivity index (χ1) is 9.43. The molecule has 0 fully saturated rings. The molecule has 2 aromatic rings. The number of methoxy groups -OCH3 is 1. The average molecular weight is 455 g/mol. The van der Waals surface area contributed by atoms with Crippen LogP contribution in [0.1, 0.15) is 17.2 Å². The Kier molecular flexibility index (Phi) is 4.98. The quantitative estimate of drug-likeness (QED) is 0.695. The second-order valence-corrected chi connectivity index (χ2v) is 6.17. The van der Waals surface area contributed by atoms with Gasteiger partial charge < -0.3 is 9.84 Å². The molecule has 0 heterocycles. The maximum Gasteiger partial charge on any atom is 0.135 e. The Labute approximate surface area is 137 Å². The molecule has 1 N–H and O–H groups in total. The molecule has 6 heteroatoms. The molecule has 1 atom stereocenters. The van der Waals surface area contributed by atoms with Gasteiger partial charge in [0.05, 0.1) is 12.7 Å². The number of hydrogen-bond acceptors (Lipinski definition) is 2. The van der Waals surface area contributed by atoms with Crippen molar-refractivity contribution in [2.45, 2.75) is 6.10 Å². The van der Waals surface area contributed by atoms with Crippen LogP contribution >= 0.6 is 38.5 Å². The van der Waals surface area contributed by atoms with E-state index in [0.29, 0.717) is 10.0 Å². The fourth-order valence-corrected chi connectivity index (χ4v) is 2.80. The van der Waals surface area contributed by atoms with Crippen molar-refractivity contribution >= 4 is 38.5 Å². The summed E-state index contributed by atoms with van der Waals surface area (Å²) in [4.78, 5) is 0. The lowest BCUT2D eigenvalue weighted by Crippen LogP contribution is -2.07. The molecule has 0 amide bonds. The Bertz CT molecular complexity index is 626. The van der Waals surface area contributed by atoms with E-state index in [9.17, 15) is 13.9 Å². The number of aliphatic hydroxyl groups excluding tert-OH is 1. The zero-order valence-corrected chi connectivity index (χ0v) is 14.1. The Morgan fingerprint density at radius 1 is 1.20 bits per heavy atom. The predicted octanol–water partition coefficient (Wildman–Crippen LogP) is 4.42. The van der Waals surface area contributed by atoms with Crippen molar-refractivity contribution in [3.63, 3.8) is 0 Å². The maximum absolute atomic E-state index is 14.0. The molecule has 0 aliphatic carbocycles. The molecule has 0 saturated carbocycles. The molecule has 0 saturated heterocycles. The molecular formula is C14H10BrF2IO2. The highest BCUT2D eigenvalue weighted by molar-refractivity contribution is 14.1. The number of aliphatic hydroxyl groups is 1. The van der Waals surface area contributed by atoms with E-state index in [1.165, 1.54) is 7.11 Å². The van der Waals surface area contributed by atoms with Gasteiger partial charge in [0.1, 0.15) is 23.5 Å². The molecule has 0 bridgehead atoms. The second-order valence-electron chi connectivity index (χ2n) is 4.07. The summed E-state index contributed by atoms with van der Waals surface area (Å²) >= 11 is 5.34. The monoisotopic (exact) mass is 454 g/mol. The zero-order chi connectivity index (χ0) is 14.9. The zero-order valence-electron chi connectivity index (χ0n) is 10.3. The third kappa shape index (κ3) is 3.12. The Balaban J connectivity index is 2.53. The van der Waals surface area contributed by atoms with E-state index in [1.54, 1.807) is 12.1 Å². The summed E-state index contributed by atoms with van der Waals surface area (Å²) in [6.07, 6.45) is -1.40. The standard InChI is InChI=1S/C14H10BrF2IO2/c1-20-8-5-11(16)13(12(17)6-8)14(19)9-4-7(18)2-3-10(9)15/h2-6,14,19H,1H3. The van der Waals surface area contributed by atoms with E-state index in [2.05, 4.69) is 38.5 Å². The molecule has 2 nitrogen and oxygen atoms in total. The third-order valence-electron chi connectivity index (χ3n) is 2.81. The van der Waals surface area contributed by atoms with Crippen molar-refractivity contribution in [1.82, 2.24) is 0 Å². The number of hydrogen-bond donors (Lipinski definition) is 1. The number of halogens is 4. The normalized spacial score (nSPS) is 12.3. The van der Waals surface area contributed by atoms with Crippen molar-refractivity contribution in [3.8, 4) is 5.75 Å². The Morgan fingerprint density at radius 3 is 2.35 bits per heavy atom. The van der Waals surface area contributed by atoms with Gasteiger partial charge in [0.2, 0.25) is 0 Å². The largest absolute Gasteiger partial charge is 0.497 e. The van der Waals surface area contributed by atoms with Gasteiger partial charge in [-0.25, -0.2) is 8.78 Å². The highest BCUT2D eigenvalue weighted by atomic mass is 127. The lowest BCUT2D eigenvalue weighted by molar-refractivity contribution is 0.208. The SMILES string of the molecule is COc1cc(F)c(C(O)c2cc(I)ccc2Br)c(F)c1. The predicted molar refractivity (Wildman–Crippen MR) is 83.8 cm³/mol. The van der Waals surface area contributed by atoms with Gasteiger partial charge in [0.15, 0.2) is 0 Å². The summed E-state index contributed by atoms with van der Waals surface area (Å²) in [6, 6.07) is 7.30. The molecule has 2 aromatic carbocycles. The van der Waals surface area contributed by atoms with Gasteiger partial charge in [-0.3, -0.25) is 0 Å². The maximum atomic E-state index is 14.0. The minimum atomic E-state index is -1.40. The first-order valence-electron chi connectivity index (χ1n) is 5.60. The van der Waals surface area contributed by atoms with E-state index in [1.807, 2.05) is 6.07 Å². The van der Waals surface area contributed by atoms with Crippen molar-refractivity contribution in [3.05, 3.63) is 61.1 Å². The fraction of sp³-hybridized carbons (Fsp3) is 0.143. The van der Waals surface area contributed by atoms with Gasteiger partial charge in [-0.2, -0.15) is 0 Å². The molecule has 20 heavy (non-hydrogen) atoms. The fourth-order valence-electron chi connectivity index (χ4n) is 1.82. The van der Waals surface area contributed by atoms with Crippen LogP contribution in [0.5, 0.6) is 5.75 Å². The van der Waals surface area contributed by atoms with Crippen LogP contribution in [-0.2, 0) is 0 Å². The lowest BCUT2D eigenvalue weighted by atomic mass is 10.0. The van der Waals surface area contributed by atoms with Crippen LogP contribution in [0.15, 0.2) is 34.8 Å². The van der Waals surface area contributed by atoms with E-state index >= 15 is 0 Å². The summed E-state index contributed by atoms with van der Waals surface area (Å²) < 4.78 is 34.2. The molecule has 2 rings (SSSR count). The van der Waals surface area contributed by atoms with Gasteiger partial charge in [-0.1, -0.05) is 15.9 Å². The molecule has 0 aromatic heterocycles. The van der Waals surface area contributed by atoms with Gasteiger partial charge >= 0.3 is 0 Å². The first-order valence-corrected chi connectivity index (χ1v) is 7.47. The Morgan fingerprint density at radius 2 is 1.80 bits per heavy atom. The van der Waals surface area contributed by atoms with Crippen LogP contribution in [-0.4, -0.2) is 12.2 Å². The van der Waals surface area contributed by atoms with Crippen LogP contribution in [0.2, 0.25) is 0 Å². The van der Waals surface area contributed by atoms with Crippen LogP contribution < -0.4 is 4.74 Å². The molecular weight excluding hydrogens is 445 g/mol. The van der Waals surface area contributed by atoms with Crippen LogP contribution in [0, 0.1) is 15.2 Å². The summed E-state index contributed by atoms with van der Waals surface area (Å²) in [5, 5.41) is 10.3. The topological polar surface area (TPSA) is 29.5 Å². The molecule has 0 radical (unpaired) electrons. The van der Waals surface area contributed by atoms with Crippen molar-refractivity contribution < 1.29 is 18.6 Å². The van der Waals surface area contributed by atoms with Crippen molar-refractivity contribution in [2.24, 2.45) is 0 Å². The van der Waals surface area contributed by atoms with Gasteiger partial charge in [-0.15, -0.1) is 0 Å². The van der Waals surface area contributed by atoms with Gasteiger partial charge in [-0.05, 0) is 40.8 Å². The van der Waals surface area contributed by atoms with E-state index in [-0.39, 0.29) is 5.75 Å². The highest BCUT2D eigenvalue weighted by Crippen LogP contribution is 2.34. The summed E-state index contributed by atoms with van der Waals surface area (Å²) in [5.41, 5.74) is 0.00775. The molecule has 0 aliphatic heterocycles. The van der Waals surface area contributed by atoms with Crippen LogP contribution in [0.25, 0.3) is 0 Å². The summed E-state index contributed by atoms with van der Waals surface area (Å²) in [6.45, 7) is 0. The Hall–Kier alpha value is -0.730. The number of benzene rings is 2. The number of ether oxygens (including phenoxy) is 1. The third-order valence-corrected chi connectivity index (χ3v) is 4.21. The summed E-state index contributed by atoms with van der Waals surface area (Å²) in [5.74, 6) is -1.63. The summed E-state index contributed by atoms with van der Waals surface area (Å²) in [7, 11) is 1.32. The first kappa shape index (κ1) is 15.7. The van der Waals surface area contributed by atoms with E-state index in [4.69, 9.17) is 4.74 Å². The van der Waals surface area contributed by atoms with Gasteiger partial charge in [0, 0.05) is 25.7 Å². The molecule has 0 spiro atoms.